The molecule has 15 rings (SSSR count). The number of fused-ring (bicyclic) bond motifs is 7. The van der Waals surface area contributed by atoms with E-state index in [0.29, 0.717) is 0 Å². The van der Waals surface area contributed by atoms with Crippen LogP contribution in [0, 0.1) is 0 Å². The van der Waals surface area contributed by atoms with E-state index < -0.39 is 5.41 Å². The monoisotopic (exact) mass is 1000 g/mol. The summed E-state index contributed by atoms with van der Waals surface area (Å²) in [4.78, 5) is 2.44. The molecular weight excluding hydrogens is 953 g/mol. The maximum Gasteiger partial charge on any atom is 0.0713 e. The second kappa shape index (κ2) is 19.1. The lowest BCUT2D eigenvalue weighted by Gasteiger charge is -2.34. The van der Waals surface area contributed by atoms with Gasteiger partial charge in [0.2, 0.25) is 0 Å². The minimum Gasteiger partial charge on any atom is -0.310 e. The molecule has 2 heteroatoms. The van der Waals surface area contributed by atoms with Crippen molar-refractivity contribution in [3.63, 3.8) is 0 Å². The van der Waals surface area contributed by atoms with Crippen molar-refractivity contribution in [3.8, 4) is 61.3 Å². The van der Waals surface area contributed by atoms with Crippen LogP contribution in [0.25, 0.3) is 93.9 Å². The number of hydrogen-bond acceptors (Lipinski definition) is 1. The highest BCUT2D eigenvalue weighted by atomic mass is 15.1. The fraction of sp³-hybridized carbons (Fsp3) is 0.0130. The van der Waals surface area contributed by atoms with Gasteiger partial charge in [0.25, 0.3) is 0 Å². The molecule has 1 heterocycles. The summed E-state index contributed by atoms with van der Waals surface area (Å²) >= 11 is 0. The molecule has 13 aromatic carbocycles. The maximum absolute atomic E-state index is 2.44. The lowest BCUT2D eigenvalue weighted by molar-refractivity contribution is 0.768. The standard InChI is InChI=1S/C77H52N2/c1-3-19-55(20-4-1)65-30-17-21-58-22-18-31-66(76(58)65)57-43-49-61(50-44-57)78(62-51-45-60(46-52-62)77(59-23-5-2-6-24-59)71-32-12-7-26-67(71)68-27-8-13-33-72(68)77)73-34-14-9-25-64(73)56-39-37-53(38-40-56)54-41-47-63(48-42-54)79-74-35-15-10-28-69(74)70-29-11-16-36-75(70)79/h1-52H. The summed E-state index contributed by atoms with van der Waals surface area (Å²) in [5.74, 6) is 0. The van der Waals surface area contributed by atoms with Crippen LogP contribution in [0.3, 0.4) is 0 Å². The van der Waals surface area contributed by atoms with Crippen molar-refractivity contribution in [1.82, 2.24) is 4.57 Å². The van der Waals surface area contributed by atoms with E-state index in [0.717, 1.165) is 33.9 Å². The number of aromatic nitrogens is 1. The van der Waals surface area contributed by atoms with Gasteiger partial charge in [-0.1, -0.05) is 261 Å². The summed E-state index contributed by atoms with van der Waals surface area (Å²) in [5.41, 5.74) is 23.4. The average Bonchev–Trinajstić information content (AvgIpc) is 3.70. The van der Waals surface area contributed by atoms with E-state index in [1.54, 1.807) is 0 Å². The summed E-state index contributed by atoms with van der Waals surface area (Å²) in [7, 11) is 0. The predicted molar refractivity (Wildman–Crippen MR) is 332 cm³/mol. The van der Waals surface area contributed by atoms with E-state index in [9.17, 15) is 0 Å². The first-order valence-corrected chi connectivity index (χ1v) is 27.3. The molecule has 0 fully saturated rings. The quantitative estimate of drug-likeness (QED) is 0.133. The summed E-state index contributed by atoms with van der Waals surface area (Å²) in [6.07, 6.45) is 0. The van der Waals surface area contributed by atoms with Crippen LogP contribution in [-0.2, 0) is 5.41 Å². The third-order valence-corrected chi connectivity index (χ3v) is 16.5. The van der Waals surface area contributed by atoms with Gasteiger partial charge in [-0.25, -0.2) is 0 Å². The fourth-order valence-electron chi connectivity index (χ4n) is 13.0. The molecule has 79 heavy (non-hydrogen) atoms. The van der Waals surface area contributed by atoms with Gasteiger partial charge in [0.1, 0.15) is 0 Å². The number of rotatable bonds is 10. The van der Waals surface area contributed by atoms with Crippen LogP contribution < -0.4 is 4.90 Å². The number of nitrogens with zero attached hydrogens (tertiary/aromatic N) is 2. The first-order valence-electron chi connectivity index (χ1n) is 27.3. The second-order valence-corrected chi connectivity index (χ2v) is 20.7. The van der Waals surface area contributed by atoms with E-state index in [4.69, 9.17) is 0 Å². The van der Waals surface area contributed by atoms with Crippen molar-refractivity contribution in [1.29, 1.82) is 0 Å². The SMILES string of the molecule is c1ccc(-c2cccc3cccc(-c4ccc(N(c5ccc(C6(c7ccccc7)c7ccccc7-c7ccccc76)cc5)c5ccccc5-c5ccc(-c6ccc(-n7c8ccccc8c8ccccc87)cc6)cc5)cc4)c23)cc1. The smallest absolute Gasteiger partial charge is 0.0713 e. The molecule has 0 amide bonds. The van der Waals surface area contributed by atoms with Crippen molar-refractivity contribution in [2.24, 2.45) is 0 Å². The van der Waals surface area contributed by atoms with Crippen molar-refractivity contribution in [2.75, 3.05) is 4.90 Å². The number of para-hydroxylation sites is 3. The zero-order valence-electron chi connectivity index (χ0n) is 43.4. The molecule has 0 spiro atoms. The molecule has 1 aromatic heterocycles. The van der Waals surface area contributed by atoms with E-state index in [2.05, 4.69) is 325 Å². The second-order valence-electron chi connectivity index (χ2n) is 20.7. The molecule has 0 unspecified atom stereocenters. The Balaban J connectivity index is 0.841. The van der Waals surface area contributed by atoms with Gasteiger partial charge in [-0.05, 0) is 138 Å². The van der Waals surface area contributed by atoms with Crippen molar-refractivity contribution in [3.05, 3.63) is 338 Å². The van der Waals surface area contributed by atoms with Crippen LogP contribution in [0.2, 0.25) is 0 Å². The summed E-state index contributed by atoms with van der Waals surface area (Å²) in [5, 5.41) is 5.01. The highest BCUT2D eigenvalue weighted by molar-refractivity contribution is 6.09. The highest BCUT2D eigenvalue weighted by Crippen LogP contribution is 2.56. The zero-order valence-corrected chi connectivity index (χ0v) is 43.4. The summed E-state index contributed by atoms with van der Waals surface area (Å²) in [6, 6.07) is 116. The van der Waals surface area contributed by atoms with Gasteiger partial charge in [-0.2, -0.15) is 0 Å². The van der Waals surface area contributed by atoms with Crippen LogP contribution in [0.1, 0.15) is 22.3 Å². The Kier molecular flexibility index (Phi) is 11.1. The third kappa shape index (κ3) is 7.56. The Bertz CT molecular complexity index is 4450. The van der Waals surface area contributed by atoms with Crippen LogP contribution in [0.15, 0.2) is 315 Å². The van der Waals surface area contributed by atoms with E-state index >= 15 is 0 Å². The van der Waals surface area contributed by atoms with Crippen LogP contribution in [0.5, 0.6) is 0 Å². The molecule has 0 atom stereocenters. The molecule has 0 radical (unpaired) electrons. The van der Waals surface area contributed by atoms with Crippen LogP contribution in [0.4, 0.5) is 17.1 Å². The Hall–Kier alpha value is -10.3. The predicted octanol–water partition coefficient (Wildman–Crippen LogP) is 20.4. The van der Waals surface area contributed by atoms with Gasteiger partial charge in [-0.15, -0.1) is 0 Å². The molecule has 0 bridgehead atoms. The Morgan fingerprint density at radius 2 is 0.671 bits per heavy atom. The number of benzene rings is 13. The van der Waals surface area contributed by atoms with Gasteiger partial charge >= 0.3 is 0 Å². The number of anilines is 3. The highest BCUT2D eigenvalue weighted by Gasteiger charge is 2.45. The van der Waals surface area contributed by atoms with Gasteiger partial charge < -0.3 is 9.47 Å². The first-order chi connectivity index (χ1) is 39.2. The molecular formula is C77H52N2. The van der Waals surface area contributed by atoms with Crippen LogP contribution >= 0.6 is 0 Å². The molecule has 14 aromatic rings. The lowest BCUT2D eigenvalue weighted by Crippen LogP contribution is -2.28. The lowest BCUT2D eigenvalue weighted by atomic mass is 9.68. The van der Waals surface area contributed by atoms with Gasteiger partial charge in [0.05, 0.1) is 22.1 Å². The molecule has 0 saturated heterocycles. The molecule has 0 saturated carbocycles. The summed E-state index contributed by atoms with van der Waals surface area (Å²) in [6.45, 7) is 0. The largest absolute Gasteiger partial charge is 0.310 e. The van der Waals surface area contributed by atoms with E-state index in [1.165, 1.54) is 99.3 Å². The molecule has 2 nitrogen and oxygen atoms in total. The first kappa shape index (κ1) is 46.1. The van der Waals surface area contributed by atoms with Crippen molar-refractivity contribution in [2.45, 2.75) is 5.41 Å². The normalized spacial score (nSPS) is 12.4. The van der Waals surface area contributed by atoms with Gasteiger partial charge in [0.15, 0.2) is 0 Å². The third-order valence-electron chi connectivity index (χ3n) is 16.5. The fourth-order valence-corrected chi connectivity index (χ4v) is 13.0. The molecule has 0 aliphatic heterocycles. The average molecular weight is 1010 g/mol. The Morgan fingerprint density at radius 1 is 0.266 bits per heavy atom. The Morgan fingerprint density at radius 3 is 1.27 bits per heavy atom. The van der Waals surface area contributed by atoms with E-state index in [-0.39, 0.29) is 0 Å². The zero-order chi connectivity index (χ0) is 52.3. The molecule has 0 N–H and O–H groups in total. The molecule has 370 valence electrons. The Labute approximate surface area is 461 Å². The van der Waals surface area contributed by atoms with Gasteiger partial charge in [0, 0.05) is 33.4 Å². The van der Waals surface area contributed by atoms with Crippen molar-refractivity contribution < 1.29 is 0 Å². The van der Waals surface area contributed by atoms with Crippen LogP contribution in [-0.4, -0.2) is 4.57 Å². The molecule has 1 aliphatic carbocycles. The van der Waals surface area contributed by atoms with Gasteiger partial charge in [-0.3, -0.25) is 0 Å². The van der Waals surface area contributed by atoms with E-state index in [1.807, 2.05) is 0 Å². The van der Waals surface area contributed by atoms with Crippen molar-refractivity contribution >= 4 is 49.6 Å². The topological polar surface area (TPSA) is 8.17 Å². The summed E-state index contributed by atoms with van der Waals surface area (Å²) < 4.78 is 2.38. The molecule has 1 aliphatic rings. The number of hydrogen-bond donors (Lipinski definition) is 0. The minimum absolute atomic E-state index is 0.498. The minimum atomic E-state index is -0.498. The maximum atomic E-state index is 2.44.